The van der Waals surface area contributed by atoms with Crippen molar-refractivity contribution in [2.45, 2.75) is 51.6 Å². The number of carbonyl (C=O) groups is 1. The van der Waals surface area contributed by atoms with E-state index in [0.717, 1.165) is 29.4 Å². The lowest BCUT2D eigenvalue weighted by molar-refractivity contribution is -0.126. The summed E-state index contributed by atoms with van der Waals surface area (Å²) in [4.78, 5) is 12.6. The fraction of sp³-hybridized carbons (Fsp3) is 0.381. The van der Waals surface area contributed by atoms with Crippen LogP contribution in [0.3, 0.4) is 0 Å². The summed E-state index contributed by atoms with van der Waals surface area (Å²) in [5.74, 6) is 0.499. The van der Waals surface area contributed by atoms with Crippen molar-refractivity contribution in [1.29, 1.82) is 0 Å². The summed E-state index contributed by atoms with van der Waals surface area (Å²) in [7, 11) is 0. The lowest BCUT2D eigenvalue weighted by Gasteiger charge is -2.23. The van der Waals surface area contributed by atoms with E-state index in [0.29, 0.717) is 5.82 Å². The van der Waals surface area contributed by atoms with Gasteiger partial charge in [0.05, 0.1) is 11.6 Å². The number of pyridine rings is 1. The molecule has 7 heteroatoms. The fourth-order valence-corrected chi connectivity index (χ4v) is 3.45. The summed E-state index contributed by atoms with van der Waals surface area (Å²) in [5.41, 5.74) is 8.37. The highest BCUT2D eigenvalue weighted by Gasteiger charge is 2.27. The van der Waals surface area contributed by atoms with Crippen LogP contribution in [0.4, 0.5) is 0 Å². The Morgan fingerprint density at radius 3 is 2.71 bits per heavy atom. The highest BCUT2D eigenvalue weighted by molar-refractivity contribution is 9.10. The van der Waals surface area contributed by atoms with Gasteiger partial charge in [0.15, 0.2) is 11.5 Å². The molecular formula is C21H26BrN5O. The van der Waals surface area contributed by atoms with Crippen LogP contribution in [0.15, 0.2) is 47.1 Å². The van der Waals surface area contributed by atoms with Crippen molar-refractivity contribution in [1.82, 2.24) is 19.9 Å². The average Bonchev–Trinajstić information content (AvgIpc) is 3.04. The fourth-order valence-electron chi connectivity index (χ4n) is 3.12. The third-order valence-electron chi connectivity index (χ3n) is 4.79. The van der Waals surface area contributed by atoms with E-state index in [1.54, 1.807) is 13.8 Å². The van der Waals surface area contributed by atoms with Gasteiger partial charge in [0, 0.05) is 10.7 Å². The average molecular weight is 444 g/mol. The van der Waals surface area contributed by atoms with Crippen LogP contribution in [0.1, 0.15) is 49.7 Å². The number of amides is 1. The zero-order valence-corrected chi connectivity index (χ0v) is 18.0. The van der Waals surface area contributed by atoms with Gasteiger partial charge in [0.1, 0.15) is 0 Å². The number of aromatic nitrogens is 3. The van der Waals surface area contributed by atoms with Crippen LogP contribution in [0.5, 0.6) is 0 Å². The first-order valence-electron chi connectivity index (χ1n) is 9.40. The van der Waals surface area contributed by atoms with Crippen molar-refractivity contribution in [3.63, 3.8) is 0 Å². The number of benzene rings is 1. The predicted molar refractivity (Wildman–Crippen MR) is 114 cm³/mol. The number of rotatable bonds is 7. The van der Waals surface area contributed by atoms with Crippen molar-refractivity contribution >= 4 is 27.5 Å². The van der Waals surface area contributed by atoms with E-state index < -0.39 is 5.54 Å². The third kappa shape index (κ3) is 4.77. The molecule has 3 aromatic rings. The number of hydrogen-bond donors (Lipinski definition) is 2. The molecule has 0 radical (unpaired) electrons. The van der Waals surface area contributed by atoms with E-state index >= 15 is 0 Å². The van der Waals surface area contributed by atoms with Crippen molar-refractivity contribution < 1.29 is 4.79 Å². The number of aryl methyl sites for hydroxylation is 2. The lowest BCUT2D eigenvalue weighted by Crippen LogP contribution is -2.50. The summed E-state index contributed by atoms with van der Waals surface area (Å²) in [6.45, 7) is 5.52. The Balaban J connectivity index is 1.83. The van der Waals surface area contributed by atoms with E-state index in [1.165, 1.54) is 11.1 Å². The smallest absolute Gasteiger partial charge is 0.240 e. The molecular weight excluding hydrogens is 418 g/mol. The van der Waals surface area contributed by atoms with Crippen molar-refractivity contribution in [2.24, 2.45) is 5.73 Å². The molecule has 28 heavy (non-hydrogen) atoms. The molecule has 3 N–H and O–H groups in total. The zero-order valence-electron chi connectivity index (χ0n) is 16.4. The molecule has 2 aromatic heterocycles. The van der Waals surface area contributed by atoms with Crippen LogP contribution in [-0.2, 0) is 11.2 Å². The summed E-state index contributed by atoms with van der Waals surface area (Å²) in [6.07, 6.45) is 4.50. The second kappa shape index (κ2) is 8.41. The van der Waals surface area contributed by atoms with Crippen LogP contribution in [0.25, 0.3) is 5.65 Å². The molecule has 0 bridgehead atoms. The summed E-state index contributed by atoms with van der Waals surface area (Å²) >= 11 is 3.49. The first kappa shape index (κ1) is 20.5. The van der Waals surface area contributed by atoms with Crippen molar-refractivity contribution in [3.05, 3.63) is 64.0 Å². The highest BCUT2D eigenvalue weighted by Crippen LogP contribution is 2.22. The molecule has 0 saturated carbocycles. The van der Waals surface area contributed by atoms with E-state index in [2.05, 4.69) is 56.6 Å². The third-order valence-corrected chi connectivity index (χ3v) is 5.26. The van der Waals surface area contributed by atoms with Gasteiger partial charge < -0.3 is 11.1 Å². The number of nitrogens with one attached hydrogen (secondary N) is 1. The van der Waals surface area contributed by atoms with E-state index in [9.17, 15) is 4.79 Å². The zero-order chi connectivity index (χ0) is 20.3. The van der Waals surface area contributed by atoms with Gasteiger partial charge in [-0.2, -0.15) is 0 Å². The molecule has 0 saturated heterocycles. The van der Waals surface area contributed by atoms with E-state index in [4.69, 9.17) is 5.73 Å². The first-order valence-corrected chi connectivity index (χ1v) is 10.2. The maximum absolute atomic E-state index is 12.6. The van der Waals surface area contributed by atoms with Gasteiger partial charge >= 0.3 is 0 Å². The number of halogens is 1. The summed E-state index contributed by atoms with van der Waals surface area (Å²) in [5, 5.41) is 11.7. The Morgan fingerprint density at radius 1 is 1.25 bits per heavy atom. The minimum atomic E-state index is -0.963. The maximum atomic E-state index is 12.6. The van der Waals surface area contributed by atoms with Gasteiger partial charge in [-0.15, -0.1) is 10.2 Å². The molecule has 0 aliphatic heterocycles. The normalized spacial score (nSPS) is 12.9. The standard InChI is InChI=1S/C21H26BrN5O/c1-14-7-4-5-8-15(14)9-6-10-17(24-20(28)21(2,3)23)19-26-25-18-12-11-16(22)13-27(18)19/h4-5,7-8,11-13,17H,6,9-10,23H2,1-3H3,(H,24,28)/t17-/m1/s1. The monoisotopic (exact) mass is 443 g/mol. The van der Waals surface area contributed by atoms with Crippen LogP contribution < -0.4 is 11.1 Å². The molecule has 0 spiro atoms. The lowest BCUT2D eigenvalue weighted by atomic mass is 9.99. The number of carbonyl (C=O) groups excluding carboxylic acids is 1. The summed E-state index contributed by atoms with van der Waals surface area (Å²) < 4.78 is 2.83. The largest absolute Gasteiger partial charge is 0.344 e. The van der Waals surface area contributed by atoms with Crippen LogP contribution in [0.2, 0.25) is 0 Å². The molecule has 3 rings (SSSR count). The minimum absolute atomic E-state index is 0.208. The molecule has 0 aliphatic rings. The number of fused-ring (bicyclic) bond motifs is 1. The molecule has 1 amide bonds. The first-order chi connectivity index (χ1) is 13.3. The minimum Gasteiger partial charge on any atom is -0.344 e. The summed E-state index contributed by atoms with van der Waals surface area (Å²) in [6, 6.07) is 11.9. The Labute approximate surface area is 173 Å². The molecule has 2 heterocycles. The predicted octanol–water partition coefficient (Wildman–Crippen LogP) is 3.72. The highest BCUT2D eigenvalue weighted by atomic mass is 79.9. The van der Waals surface area contributed by atoms with Crippen LogP contribution >= 0.6 is 15.9 Å². The van der Waals surface area contributed by atoms with Gasteiger partial charge in [-0.1, -0.05) is 24.3 Å². The topological polar surface area (TPSA) is 85.3 Å². The molecule has 148 valence electrons. The van der Waals surface area contributed by atoms with Gasteiger partial charge in [0.25, 0.3) is 0 Å². The Morgan fingerprint density at radius 2 is 2.00 bits per heavy atom. The Hall–Kier alpha value is -2.25. The number of hydrogen-bond acceptors (Lipinski definition) is 4. The van der Waals surface area contributed by atoms with E-state index in [1.807, 2.05) is 28.8 Å². The van der Waals surface area contributed by atoms with Gasteiger partial charge in [0.2, 0.25) is 5.91 Å². The van der Waals surface area contributed by atoms with Gasteiger partial charge in [-0.25, -0.2) is 0 Å². The van der Waals surface area contributed by atoms with Crippen LogP contribution in [0, 0.1) is 6.92 Å². The molecule has 1 aromatic carbocycles. The number of nitrogens with zero attached hydrogens (tertiary/aromatic N) is 3. The Bertz CT molecular complexity index is 976. The molecule has 0 unspecified atom stereocenters. The molecule has 6 nitrogen and oxygen atoms in total. The molecule has 0 fully saturated rings. The van der Waals surface area contributed by atoms with Crippen LogP contribution in [-0.4, -0.2) is 26.0 Å². The molecule has 1 atom stereocenters. The quantitative estimate of drug-likeness (QED) is 0.582. The van der Waals surface area contributed by atoms with Crippen molar-refractivity contribution in [3.8, 4) is 0 Å². The van der Waals surface area contributed by atoms with Crippen molar-refractivity contribution in [2.75, 3.05) is 0 Å². The molecule has 0 aliphatic carbocycles. The maximum Gasteiger partial charge on any atom is 0.240 e. The van der Waals surface area contributed by atoms with Gasteiger partial charge in [-0.3, -0.25) is 9.20 Å². The van der Waals surface area contributed by atoms with Gasteiger partial charge in [-0.05, 0) is 79.2 Å². The SMILES string of the molecule is Cc1ccccc1CCC[C@@H](NC(=O)C(C)(C)N)c1nnc2ccc(Br)cn12. The second-order valence-electron chi connectivity index (χ2n) is 7.70. The number of nitrogens with two attached hydrogens (primary N) is 1. The Kier molecular flexibility index (Phi) is 6.15. The second-order valence-corrected chi connectivity index (χ2v) is 8.62. The van der Waals surface area contributed by atoms with E-state index in [-0.39, 0.29) is 11.9 Å².